The number of fused-ring (bicyclic) bond motifs is 1. The molecule has 2 aliphatic heterocycles. The number of aliphatic hydroxyl groups excluding tert-OH is 1. The molecule has 2 fully saturated rings. The van der Waals surface area contributed by atoms with Crippen LogP contribution in [0, 0.1) is 24.0 Å². The predicted octanol–water partition coefficient (Wildman–Crippen LogP) is 2.55. The third-order valence-electron chi connectivity index (χ3n) is 5.85. The number of hydrogen-bond acceptors (Lipinski definition) is 3. The quantitative estimate of drug-likeness (QED) is 0.926. The van der Waals surface area contributed by atoms with E-state index in [0.29, 0.717) is 17.7 Å². The Labute approximate surface area is 136 Å². The van der Waals surface area contributed by atoms with Gasteiger partial charge in [0.25, 0.3) is 0 Å². The van der Waals surface area contributed by atoms with Crippen LogP contribution in [0.1, 0.15) is 30.4 Å². The summed E-state index contributed by atoms with van der Waals surface area (Å²) in [6.45, 7) is 4.87. The number of aliphatic hydroxyl groups is 1. The van der Waals surface area contributed by atoms with Crippen molar-refractivity contribution in [2.24, 2.45) is 5.41 Å². The van der Waals surface area contributed by atoms with E-state index in [4.69, 9.17) is 0 Å². The van der Waals surface area contributed by atoms with E-state index in [-0.39, 0.29) is 18.1 Å². The smallest absolute Gasteiger partial charge is 0.163 e. The largest absolute Gasteiger partial charge is 0.396 e. The van der Waals surface area contributed by atoms with Gasteiger partial charge in [0.05, 0.1) is 6.61 Å². The summed E-state index contributed by atoms with van der Waals surface area (Å²) in [7, 11) is 2.10. The predicted molar refractivity (Wildman–Crippen MR) is 86.2 cm³/mol. The Kier molecular flexibility index (Phi) is 4.72. The van der Waals surface area contributed by atoms with Crippen LogP contribution < -0.4 is 0 Å². The zero-order valence-electron chi connectivity index (χ0n) is 14.0. The maximum absolute atomic E-state index is 14.1. The molecule has 2 saturated heterocycles. The molecule has 1 aromatic carbocycles. The number of halogens is 2. The summed E-state index contributed by atoms with van der Waals surface area (Å²) < 4.78 is 27.9. The molecule has 0 aromatic heterocycles. The third-order valence-corrected chi connectivity index (χ3v) is 5.85. The molecule has 3 nitrogen and oxygen atoms in total. The van der Waals surface area contributed by atoms with Crippen molar-refractivity contribution in [3.05, 3.63) is 34.9 Å². The van der Waals surface area contributed by atoms with Gasteiger partial charge < -0.3 is 10.0 Å². The van der Waals surface area contributed by atoms with E-state index in [1.807, 2.05) is 0 Å². The lowest BCUT2D eigenvalue weighted by Crippen LogP contribution is -2.61. The molecule has 2 atom stereocenters. The summed E-state index contributed by atoms with van der Waals surface area (Å²) in [6, 6.07) is 3.61. The maximum atomic E-state index is 14.1. The molecular weight excluding hydrogens is 298 g/mol. The van der Waals surface area contributed by atoms with Crippen molar-refractivity contribution in [1.29, 1.82) is 0 Å². The number of hydrogen-bond donors (Lipinski definition) is 1. The minimum atomic E-state index is -0.737. The molecule has 3 rings (SSSR count). The zero-order valence-corrected chi connectivity index (χ0v) is 14.0. The van der Waals surface area contributed by atoms with Crippen LogP contribution >= 0.6 is 0 Å². The SMILES string of the molecule is Cc1ccc(CN2CC[C@@]3(CO)CCCN(C)[C@@H]3C2)c(F)c1F. The Morgan fingerprint density at radius 2 is 2.00 bits per heavy atom. The van der Waals surface area contributed by atoms with Crippen molar-refractivity contribution >= 4 is 0 Å². The highest BCUT2D eigenvalue weighted by Gasteiger charge is 2.46. The third kappa shape index (κ3) is 3.02. The van der Waals surface area contributed by atoms with Gasteiger partial charge >= 0.3 is 0 Å². The van der Waals surface area contributed by atoms with E-state index in [1.54, 1.807) is 19.1 Å². The van der Waals surface area contributed by atoms with E-state index < -0.39 is 11.6 Å². The highest BCUT2D eigenvalue weighted by Crippen LogP contribution is 2.41. The lowest BCUT2D eigenvalue weighted by atomic mass is 9.69. The molecule has 1 aromatic rings. The molecule has 0 saturated carbocycles. The molecule has 5 heteroatoms. The minimum Gasteiger partial charge on any atom is -0.396 e. The average Bonchev–Trinajstić information content (AvgIpc) is 2.56. The Hall–Kier alpha value is -1.04. The average molecular weight is 324 g/mol. The van der Waals surface area contributed by atoms with E-state index >= 15 is 0 Å². The van der Waals surface area contributed by atoms with Crippen LogP contribution in [0.15, 0.2) is 12.1 Å². The fourth-order valence-electron chi connectivity index (χ4n) is 4.27. The Morgan fingerprint density at radius 3 is 2.74 bits per heavy atom. The first-order chi connectivity index (χ1) is 11.0. The van der Waals surface area contributed by atoms with Gasteiger partial charge in [0.15, 0.2) is 11.6 Å². The molecule has 2 aliphatic rings. The lowest BCUT2D eigenvalue weighted by molar-refractivity contribution is -0.0686. The molecule has 0 spiro atoms. The van der Waals surface area contributed by atoms with Gasteiger partial charge in [0.1, 0.15) is 0 Å². The topological polar surface area (TPSA) is 26.7 Å². The first-order valence-electron chi connectivity index (χ1n) is 8.44. The van der Waals surface area contributed by atoms with E-state index in [9.17, 15) is 13.9 Å². The number of piperidine rings is 2. The van der Waals surface area contributed by atoms with Gasteiger partial charge in [-0.1, -0.05) is 12.1 Å². The first kappa shape index (κ1) is 16.8. The normalized spacial score (nSPS) is 29.5. The van der Waals surface area contributed by atoms with Gasteiger partial charge in [-0.05, 0) is 51.9 Å². The summed E-state index contributed by atoms with van der Waals surface area (Å²) in [5.41, 5.74) is 0.736. The Balaban J connectivity index is 1.75. The standard InChI is InChI=1S/C18H26F2N2O/c1-13-4-5-14(17(20)16(13)19)10-22-9-7-18(12-23)6-3-8-21(2)15(18)11-22/h4-5,15,23H,3,6-12H2,1-2H3/t15-,18-/m1/s1. The van der Waals surface area contributed by atoms with Crippen LogP contribution in [-0.4, -0.2) is 54.2 Å². The number of likely N-dealkylation sites (tertiary alicyclic amines) is 2. The number of benzene rings is 1. The molecule has 0 radical (unpaired) electrons. The summed E-state index contributed by atoms with van der Waals surface area (Å²) >= 11 is 0. The Morgan fingerprint density at radius 1 is 1.22 bits per heavy atom. The highest BCUT2D eigenvalue weighted by molar-refractivity contribution is 5.25. The molecule has 0 amide bonds. The maximum Gasteiger partial charge on any atom is 0.163 e. The van der Waals surface area contributed by atoms with Gasteiger partial charge in [0, 0.05) is 30.1 Å². The Bertz CT molecular complexity index is 580. The number of likely N-dealkylation sites (N-methyl/N-ethyl adjacent to an activating group) is 1. The molecule has 0 bridgehead atoms. The molecule has 128 valence electrons. The zero-order chi connectivity index (χ0) is 16.6. The molecule has 0 aliphatic carbocycles. The number of nitrogens with zero attached hydrogens (tertiary/aromatic N) is 2. The highest BCUT2D eigenvalue weighted by atomic mass is 19.2. The van der Waals surface area contributed by atoms with Crippen LogP contribution in [0.25, 0.3) is 0 Å². The summed E-state index contributed by atoms with van der Waals surface area (Å²) in [5, 5.41) is 9.93. The van der Waals surface area contributed by atoms with Crippen molar-refractivity contribution in [2.45, 2.75) is 38.8 Å². The molecular formula is C18H26F2N2O. The van der Waals surface area contributed by atoms with Crippen molar-refractivity contribution in [1.82, 2.24) is 9.80 Å². The fourth-order valence-corrected chi connectivity index (χ4v) is 4.27. The van der Waals surface area contributed by atoms with Crippen LogP contribution in [0.4, 0.5) is 8.78 Å². The summed E-state index contributed by atoms with van der Waals surface area (Å²) in [5.74, 6) is -1.46. The number of rotatable bonds is 3. The van der Waals surface area contributed by atoms with Crippen LogP contribution in [-0.2, 0) is 6.54 Å². The van der Waals surface area contributed by atoms with Gasteiger partial charge in [-0.2, -0.15) is 0 Å². The van der Waals surface area contributed by atoms with Crippen LogP contribution in [0.5, 0.6) is 0 Å². The van der Waals surface area contributed by atoms with Gasteiger partial charge in [-0.15, -0.1) is 0 Å². The molecule has 1 N–H and O–H groups in total. The van der Waals surface area contributed by atoms with Crippen molar-refractivity contribution < 1.29 is 13.9 Å². The second-order valence-corrected chi connectivity index (χ2v) is 7.28. The first-order valence-corrected chi connectivity index (χ1v) is 8.44. The lowest BCUT2D eigenvalue weighted by Gasteiger charge is -2.53. The monoisotopic (exact) mass is 324 g/mol. The number of aryl methyl sites for hydroxylation is 1. The van der Waals surface area contributed by atoms with Crippen LogP contribution in [0.3, 0.4) is 0 Å². The van der Waals surface area contributed by atoms with Crippen molar-refractivity contribution in [3.8, 4) is 0 Å². The molecule has 23 heavy (non-hydrogen) atoms. The fraction of sp³-hybridized carbons (Fsp3) is 0.667. The van der Waals surface area contributed by atoms with E-state index in [1.165, 1.54) is 0 Å². The minimum absolute atomic E-state index is 0.0272. The second-order valence-electron chi connectivity index (χ2n) is 7.28. The second kappa shape index (κ2) is 6.46. The summed E-state index contributed by atoms with van der Waals surface area (Å²) in [6.07, 6.45) is 3.08. The van der Waals surface area contributed by atoms with Gasteiger partial charge in [-0.3, -0.25) is 4.90 Å². The van der Waals surface area contributed by atoms with E-state index in [2.05, 4.69) is 16.8 Å². The van der Waals surface area contributed by atoms with Gasteiger partial charge in [0.2, 0.25) is 0 Å². The van der Waals surface area contributed by atoms with Crippen molar-refractivity contribution in [3.63, 3.8) is 0 Å². The summed E-state index contributed by atoms with van der Waals surface area (Å²) in [4.78, 5) is 4.51. The van der Waals surface area contributed by atoms with Crippen LogP contribution in [0.2, 0.25) is 0 Å². The van der Waals surface area contributed by atoms with E-state index in [0.717, 1.165) is 38.9 Å². The molecule has 0 unspecified atom stereocenters. The molecule has 2 heterocycles. The van der Waals surface area contributed by atoms with Gasteiger partial charge in [-0.25, -0.2) is 8.78 Å². The van der Waals surface area contributed by atoms with Crippen molar-refractivity contribution in [2.75, 3.05) is 33.3 Å².